The number of halogens is 2. The minimum absolute atomic E-state index is 0.528. The van der Waals surface area contributed by atoms with Crippen LogP contribution in [0.2, 0.25) is 5.02 Å². The van der Waals surface area contributed by atoms with Crippen molar-refractivity contribution >= 4 is 38.6 Å². The Hall–Kier alpha value is -1.36. The summed E-state index contributed by atoms with van der Waals surface area (Å²) in [6.45, 7) is 0.528. The molecule has 3 nitrogen and oxygen atoms in total. The smallest absolute Gasteiger partial charge is 0.140 e. The highest BCUT2D eigenvalue weighted by atomic mass is 79.9. The molecule has 0 fully saturated rings. The Kier molecular flexibility index (Phi) is 3.54. The van der Waals surface area contributed by atoms with Gasteiger partial charge < -0.3 is 10.3 Å². The van der Waals surface area contributed by atoms with E-state index in [9.17, 15) is 0 Å². The number of rotatable bonds is 2. The number of aryl methyl sites for hydroxylation is 1. The van der Waals surface area contributed by atoms with Gasteiger partial charge in [-0.15, -0.1) is 0 Å². The van der Waals surface area contributed by atoms with Gasteiger partial charge in [0, 0.05) is 23.6 Å². The first-order valence-corrected chi connectivity index (χ1v) is 7.38. The third-order valence-electron chi connectivity index (χ3n) is 3.36. The number of hydrogen-bond acceptors (Lipinski definition) is 2. The van der Waals surface area contributed by atoms with E-state index in [1.807, 2.05) is 37.4 Å². The first-order chi connectivity index (χ1) is 9.60. The highest BCUT2D eigenvalue weighted by Crippen LogP contribution is 2.30. The summed E-state index contributed by atoms with van der Waals surface area (Å²) in [5.41, 5.74) is 9.81. The summed E-state index contributed by atoms with van der Waals surface area (Å²) < 4.78 is 2.95. The third kappa shape index (κ3) is 2.24. The van der Waals surface area contributed by atoms with E-state index < -0.39 is 0 Å². The molecule has 0 unspecified atom stereocenters. The molecule has 0 spiro atoms. The number of nitrogens with two attached hydrogens (primary N) is 1. The van der Waals surface area contributed by atoms with E-state index in [1.54, 1.807) is 0 Å². The van der Waals surface area contributed by atoms with Crippen molar-refractivity contribution in [3.8, 4) is 11.4 Å². The van der Waals surface area contributed by atoms with Gasteiger partial charge in [0.15, 0.2) is 0 Å². The lowest BCUT2D eigenvalue weighted by Crippen LogP contribution is -1.97. The third-order valence-corrected chi connectivity index (χ3v) is 4.59. The summed E-state index contributed by atoms with van der Waals surface area (Å²) >= 11 is 9.56. The van der Waals surface area contributed by atoms with Crippen molar-refractivity contribution in [1.29, 1.82) is 0 Å². The molecule has 2 N–H and O–H groups in total. The summed E-state index contributed by atoms with van der Waals surface area (Å²) in [5.74, 6) is 0.892. The Balaban J connectivity index is 2.21. The fourth-order valence-electron chi connectivity index (χ4n) is 2.26. The number of benzene rings is 2. The molecule has 3 aromatic rings. The molecule has 0 aliphatic carbocycles. The number of fused-ring (bicyclic) bond motifs is 1. The Morgan fingerprint density at radius 1 is 1.25 bits per heavy atom. The van der Waals surface area contributed by atoms with Crippen LogP contribution in [-0.2, 0) is 13.6 Å². The van der Waals surface area contributed by atoms with E-state index in [0.717, 1.165) is 32.5 Å². The van der Waals surface area contributed by atoms with Gasteiger partial charge in [0.1, 0.15) is 5.82 Å². The van der Waals surface area contributed by atoms with Crippen molar-refractivity contribution in [2.45, 2.75) is 6.54 Å². The number of aromatic nitrogens is 2. The normalized spacial score (nSPS) is 11.2. The maximum absolute atomic E-state index is 6.16. The van der Waals surface area contributed by atoms with E-state index in [-0.39, 0.29) is 0 Å². The van der Waals surface area contributed by atoms with Gasteiger partial charge in [-0.3, -0.25) is 0 Å². The van der Waals surface area contributed by atoms with E-state index in [4.69, 9.17) is 17.3 Å². The molecule has 0 atom stereocenters. The molecule has 2 aromatic carbocycles. The average Bonchev–Trinajstić information content (AvgIpc) is 2.79. The first kappa shape index (κ1) is 13.6. The van der Waals surface area contributed by atoms with Crippen molar-refractivity contribution < 1.29 is 0 Å². The summed E-state index contributed by atoms with van der Waals surface area (Å²) in [7, 11) is 2.00. The number of nitrogens with zero attached hydrogens (tertiary/aromatic N) is 2. The van der Waals surface area contributed by atoms with Crippen LogP contribution in [0.15, 0.2) is 40.9 Å². The highest BCUT2D eigenvalue weighted by Gasteiger charge is 2.11. The van der Waals surface area contributed by atoms with Crippen molar-refractivity contribution in [2.24, 2.45) is 12.8 Å². The predicted molar refractivity (Wildman–Crippen MR) is 86.8 cm³/mol. The molecular weight excluding hydrogens is 338 g/mol. The summed E-state index contributed by atoms with van der Waals surface area (Å²) in [5, 5.41) is 0.678. The molecule has 0 saturated heterocycles. The highest BCUT2D eigenvalue weighted by molar-refractivity contribution is 9.10. The largest absolute Gasteiger partial charge is 0.327 e. The predicted octanol–water partition coefficient (Wildman–Crippen LogP) is 4.11. The van der Waals surface area contributed by atoms with Crippen LogP contribution < -0.4 is 5.73 Å². The van der Waals surface area contributed by atoms with Crippen LogP contribution in [0.3, 0.4) is 0 Å². The van der Waals surface area contributed by atoms with Crippen molar-refractivity contribution in [1.82, 2.24) is 9.55 Å². The molecular formula is C15H13BrClN3. The van der Waals surface area contributed by atoms with Gasteiger partial charge in [-0.05, 0) is 45.8 Å². The topological polar surface area (TPSA) is 43.8 Å². The van der Waals surface area contributed by atoms with Gasteiger partial charge in [-0.2, -0.15) is 0 Å². The fraction of sp³-hybridized carbons (Fsp3) is 0.133. The first-order valence-electron chi connectivity index (χ1n) is 6.21. The zero-order valence-electron chi connectivity index (χ0n) is 10.9. The van der Waals surface area contributed by atoms with Crippen molar-refractivity contribution in [3.63, 3.8) is 0 Å². The van der Waals surface area contributed by atoms with Gasteiger partial charge in [0.25, 0.3) is 0 Å². The molecule has 102 valence electrons. The number of imidazole rings is 1. The second kappa shape index (κ2) is 5.20. The second-order valence-electron chi connectivity index (χ2n) is 4.65. The maximum Gasteiger partial charge on any atom is 0.140 e. The summed E-state index contributed by atoms with van der Waals surface area (Å²) in [6, 6.07) is 11.9. The Morgan fingerprint density at radius 2 is 2.05 bits per heavy atom. The van der Waals surface area contributed by atoms with Gasteiger partial charge in [0.2, 0.25) is 0 Å². The molecule has 0 amide bonds. The van der Waals surface area contributed by atoms with Crippen LogP contribution in [0.5, 0.6) is 0 Å². The van der Waals surface area contributed by atoms with Crippen LogP contribution in [-0.4, -0.2) is 9.55 Å². The fourth-order valence-corrected chi connectivity index (χ4v) is 2.68. The molecule has 3 rings (SSSR count). The lowest BCUT2D eigenvalue weighted by Gasteiger charge is -2.04. The standard InChI is InChI=1S/C15H13BrClN3/c1-20-14-6-9(8-18)2-5-13(14)19-15(20)10-3-4-11(16)12(17)7-10/h2-7H,8,18H2,1H3. The molecule has 0 aliphatic rings. The van der Waals surface area contributed by atoms with E-state index in [1.165, 1.54) is 0 Å². The van der Waals surface area contributed by atoms with E-state index >= 15 is 0 Å². The Morgan fingerprint density at radius 3 is 2.75 bits per heavy atom. The molecule has 0 radical (unpaired) electrons. The van der Waals surface area contributed by atoms with Crippen LogP contribution in [0.1, 0.15) is 5.56 Å². The van der Waals surface area contributed by atoms with Crippen LogP contribution >= 0.6 is 27.5 Å². The van der Waals surface area contributed by atoms with Gasteiger partial charge in [-0.25, -0.2) is 4.98 Å². The van der Waals surface area contributed by atoms with Gasteiger partial charge in [-0.1, -0.05) is 23.7 Å². The monoisotopic (exact) mass is 349 g/mol. The van der Waals surface area contributed by atoms with Crippen molar-refractivity contribution in [3.05, 3.63) is 51.5 Å². The summed E-state index contributed by atoms with van der Waals surface area (Å²) in [6.07, 6.45) is 0. The maximum atomic E-state index is 6.16. The quantitative estimate of drug-likeness (QED) is 0.755. The molecule has 0 bridgehead atoms. The molecule has 0 saturated carbocycles. The number of hydrogen-bond donors (Lipinski definition) is 1. The molecule has 5 heteroatoms. The average molecular weight is 351 g/mol. The van der Waals surface area contributed by atoms with E-state index in [0.29, 0.717) is 11.6 Å². The second-order valence-corrected chi connectivity index (χ2v) is 5.91. The molecule has 0 aliphatic heterocycles. The SMILES string of the molecule is Cn1c(-c2ccc(Br)c(Cl)c2)nc2ccc(CN)cc21. The van der Waals surface area contributed by atoms with Crippen LogP contribution in [0.4, 0.5) is 0 Å². The summed E-state index contributed by atoms with van der Waals surface area (Å²) in [4.78, 5) is 4.68. The zero-order valence-corrected chi connectivity index (χ0v) is 13.2. The van der Waals surface area contributed by atoms with Crippen LogP contribution in [0.25, 0.3) is 22.4 Å². The Labute approximate surface area is 130 Å². The van der Waals surface area contributed by atoms with E-state index in [2.05, 4.69) is 31.5 Å². The van der Waals surface area contributed by atoms with Crippen LogP contribution in [0, 0.1) is 0 Å². The zero-order chi connectivity index (χ0) is 14.3. The minimum atomic E-state index is 0.528. The minimum Gasteiger partial charge on any atom is -0.327 e. The lowest BCUT2D eigenvalue weighted by molar-refractivity contribution is 0.956. The molecule has 1 heterocycles. The Bertz CT molecular complexity index is 795. The van der Waals surface area contributed by atoms with Crippen molar-refractivity contribution in [2.75, 3.05) is 0 Å². The molecule has 20 heavy (non-hydrogen) atoms. The lowest BCUT2D eigenvalue weighted by atomic mass is 10.2. The molecule has 1 aromatic heterocycles. The van der Waals surface area contributed by atoms with Gasteiger partial charge >= 0.3 is 0 Å². The van der Waals surface area contributed by atoms with Gasteiger partial charge in [0.05, 0.1) is 16.1 Å².